The number of hydrogen-bond donors (Lipinski definition) is 2. The Labute approximate surface area is 99.2 Å². The molecule has 0 bridgehead atoms. The summed E-state index contributed by atoms with van der Waals surface area (Å²) >= 11 is 0. The van der Waals surface area contributed by atoms with Gasteiger partial charge in [-0.3, -0.25) is 10.1 Å². The first kappa shape index (κ1) is 13.0. The number of aromatic nitrogens is 2. The summed E-state index contributed by atoms with van der Waals surface area (Å²) in [5.41, 5.74) is 5.41. The highest BCUT2D eigenvalue weighted by Gasteiger charge is 2.12. The number of nitrogens with zero attached hydrogens (tertiary/aromatic N) is 2. The number of anilines is 2. The number of nitrogens with two attached hydrogens (primary N) is 1. The molecule has 1 rings (SSSR count). The van der Waals surface area contributed by atoms with Crippen molar-refractivity contribution >= 4 is 17.7 Å². The van der Waals surface area contributed by atoms with Crippen LogP contribution >= 0.6 is 0 Å². The smallest absolute Gasteiger partial charge is 0.347 e. The maximum absolute atomic E-state index is 11.4. The topological polar surface area (TPSA) is 104 Å². The van der Waals surface area contributed by atoms with Crippen LogP contribution in [-0.4, -0.2) is 17.5 Å². The Bertz CT molecular complexity index is 409. The zero-order valence-electron chi connectivity index (χ0n) is 9.90. The molecule has 0 fully saturated rings. The van der Waals surface area contributed by atoms with E-state index in [-0.39, 0.29) is 23.6 Å². The predicted octanol–water partition coefficient (Wildman–Crippen LogP) is 0.434. The van der Waals surface area contributed by atoms with Gasteiger partial charge in [-0.2, -0.15) is 0 Å². The second-order valence-corrected chi connectivity index (χ2v) is 3.52. The van der Waals surface area contributed by atoms with E-state index in [1.807, 2.05) is 6.92 Å². The van der Waals surface area contributed by atoms with Crippen molar-refractivity contribution in [1.29, 1.82) is 0 Å². The number of nitrogen functional groups attached to an aromatic ring is 1. The molecular formula is C10H16N4O3. The van der Waals surface area contributed by atoms with Gasteiger partial charge in [-0.25, -0.2) is 4.73 Å². The Balaban J connectivity index is 2.85. The SMILES string of the molecule is CCCCOc1cc(NC(C)=O)[n+]([O-])c(N)n1. The lowest BCUT2D eigenvalue weighted by Gasteiger charge is -2.13. The quantitative estimate of drug-likeness (QED) is 0.441. The van der Waals surface area contributed by atoms with Crippen LogP contribution in [-0.2, 0) is 4.79 Å². The van der Waals surface area contributed by atoms with Crippen LogP contribution in [0.5, 0.6) is 5.88 Å². The molecular weight excluding hydrogens is 224 g/mol. The molecule has 1 aromatic rings. The zero-order chi connectivity index (χ0) is 12.8. The van der Waals surface area contributed by atoms with Crippen LogP contribution in [0, 0.1) is 5.21 Å². The standard InChI is InChI=1S/C10H16N4O3/c1-3-4-5-17-9-6-8(12-7(2)15)14(16)10(11)13-9/h6H,3-5H2,1-2H3,(H2,11,13)(H,12,15). The normalized spacial score (nSPS) is 10.0. The second kappa shape index (κ2) is 5.88. The molecule has 94 valence electrons. The fourth-order valence-corrected chi connectivity index (χ4v) is 1.15. The van der Waals surface area contributed by atoms with Crippen molar-refractivity contribution in [3.63, 3.8) is 0 Å². The first-order chi connectivity index (χ1) is 8.04. The highest BCUT2D eigenvalue weighted by molar-refractivity contribution is 5.87. The Kier molecular flexibility index (Phi) is 4.50. The number of hydrogen-bond acceptors (Lipinski definition) is 5. The Morgan fingerprint density at radius 1 is 1.71 bits per heavy atom. The van der Waals surface area contributed by atoms with Crippen LogP contribution in [0.2, 0.25) is 0 Å². The molecule has 7 heteroatoms. The van der Waals surface area contributed by atoms with Crippen molar-refractivity contribution in [1.82, 2.24) is 4.98 Å². The highest BCUT2D eigenvalue weighted by Crippen LogP contribution is 2.13. The molecule has 0 aliphatic carbocycles. The largest absolute Gasteiger partial charge is 0.754 e. The van der Waals surface area contributed by atoms with Gasteiger partial charge in [0.15, 0.2) is 0 Å². The Morgan fingerprint density at radius 3 is 3.00 bits per heavy atom. The Morgan fingerprint density at radius 2 is 2.41 bits per heavy atom. The number of carbonyl (C=O) groups is 1. The van der Waals surface area contributed by atoms with Gasteiger partial charge in [-0.1, -0.05) is 18.3 Å². The third kappa shape index (κ3) is 3.78. The van der Waals surface area contributed by atoms with Crippen molar-refractivity contribution in [3.05, 3.63) is 11.3 Å². The molecule has 7 nitrogen and oxygen atoms in total. The molecule has 0 aliphatic heterocycles. The van der Waals surface area contributed by atoms with E-state index in [9.17, 15) is 10.0 Å². The summed E-state index contributed by atoms with van der Waals surface area (Å²) in [4.78, 5) is 14.7. The van der Waals surface area contributed by atoms with E-state index in [0.29, 0.717) is 11.3 Å². The maximum atomic E-state index is 11.4. The summed E-state index contributed by atoms with van der Waals surface area (Å²) < 4.78 is 5.65. The number of nitrogens with one attached hydrogen (secondary N) is 1. The van der Waals surface area contributed by atoms with Crippen molar-refractivity contribution in [2.75, 3.05) is 17.7 Å². The lowest BCUT2D eigenvalue weighted by molar-refractivity contribution is -0.577. The van der Waals surface area contributed by atoms with E-state index < -0.39 is 0 Å². The van der Waals surface area contributed by atoms with Gasteiger partial charge in [0, 0.05) is 6.92 Å². The van der Waals surface area contributed by atoms with Crippen molar-refractivity contribution in [2.24, 2.45) is 0 Å². The summed E-state index contributed by atoms with van der Waals surface area (Å²) in [5, 5.41) is 13.8. The Hall–Kier alpha value is -2.05. The molecule has 0 unspecified atom stereocenters. The van der Waals surface area contributed by atoms with Gasteiger partial charge in [0.05, 0.1) is 12.7 Å². The van der Waals surface area contributed by atoms with Crippen molar-refractivity contribution < 1.29 is 14.3 Å². The van der Waals surface area contributed by atoms with Gasteiger partial charge < -0.3 is 15.7 Å². The lowest BCUT2D eigenvalue weighted by Crippen LogP contribution is -2.36. The molecule has 1 amide bonds. The average molecular weight is 240 g/mol. The first-order valence-corrected chi connectivity index (χ1v) is 5.35. The number of amides is 1. The molecule has 0 saturated heterocycles. The molecule has 0 saturated carbocycles. The molecule has 0 radical (unpaired) electrons. The average Bonchev–Trinajstić information content (AvgIpc) is 2.25. The van der Waals surface area contributed by atoms with Gasteiger partial charge in [0.2, 0.25) is 5.82 Å². The molecule has 3 N–H and O–H groups in total. The van der Waals surface area contributed by atoms with Crippen LogP contribution < -0.4 is 20.5 Å². The minimum Gasteiger partial charge on any atom is -0.754 e. The molecule has 0 atom stereocenters. The molecule has 0 aliphatic rings. The van der Waals surface area contributed by atoms with Crippen molar-refractivity contribution in [3.8, 4) is 5.88 Å². The second-order valence-electron chi connectivity index (χ2n) is 3.52. The first-order valence-electron chi connectivity index (χ1n) is 5.35. The fourth-order valence-electron chi connectivity index (χ4n) is 1.15. The molecule has 17 heavy (non-hydrogen) atoms. The van der Waals surface area contributed by atoms with E-state index in [1.54, 1.807) is 0 Å². The molecule has 1 heterocycles. The van der Waals surface area contributed by atoms with Crippen molar-refractivity contribution in [2.45, 2.75) is 26.7 Å². The van der Waals surface area contributed by atoms with Gasteiger partial charge >= 0.3 is 5.95 Å². The molecule has 1 aromatic heterocycles. The van der Waals surface area contributed by atoms with Gasteiger partial charge in [0.1, 0.15) is 0 Å². The minimum atomic E-state index is -0.361. The van der Waals surface area contributed by atoms with E-state index in [1.165, 1.54) is 13.0 Å². The zero-order valence-corrected chi connectivity index (χ0v) is 9.90. The minimum absolute atomic E-state index is 0.0106. The third-order valence-corrected chi connectivity index (χ3v) is 1.96. The van der Waals surface area contributed by atoms with Crippen LogP contribution in [0.15, 0.2) is 6.07 Å². The fraction of sp³-hybridized carbons (Fsp3) is 0.500. The maximum Gasteiger partial charge on any atom is 0.347 e. The lowest BCUT2D eigenvalue weighted by atomic mass is 10.4. The van der Waals surface area contributed by atoms with E-state index in [4.69, 9.17) is 10.5 Å². The number of carbonyl (C=O) groups excluding carboxylic acids is 1. The van der Waals surface area contributed by atoms with E-state index in [2.05, 4.69) is 10.3 Å². The summed E-state index contributed by atoms with van der Waals surface area (Å²) in [6.07, 6.45) is 1.87. The predicted molar refractivity (Wildman–Crippen MR) is 62.3 cm³/mol. The number of ether oxygens (including phenoxy) is 1. The summed E-state index contributed by atoms with van der Waals surface area (Å²) in [6.45, 7) is 3.82. The summed E-state index contributed by atoms with van der Waals surface area (Å²) in [7, 11) is 0. The molecule has 0 spiro atoms. The number of rotatable bonds is 5. The monoisotopic (exact) mass is 240 g/mol. The van der Waals surface area contributed by atoms with Crippen LogP contribution in [0.25, 0.3) is 0 Å². The van der Waals surface area contributed by atoms with E-state index in [0.717, 1.165) is 12.8 Å². The number of unbranched alkanes of at least 4 members (excludes halogenated alkanes) is 1. The third-order valence-electron chi connectivity index (χ3n) is 1.96. The molecule has 0 aromatic carbocycles. The summed E-state index contributed by atoms with van der Waals surface area (Å²) in [5.74, 6) is -0.384. The van der Waals surface area contributed by atoms with Crippen LogP contribution in [0.3, 0.4) is 0 Å². The van der Waals surface area contributed by atoms with Gasteiger partial charge in [0.25, 0.3) is 11.8 Å². The summed E-state index contributed by atoms with van der Waals surface area (Å²) in [6, 6.07) is 1.35. The van der Waals surface area contributed by atoms with Gasteiger partial charge in [-0.05, 0) is 6.42 Å². The van der Waals surface area contributed by atoms with Gasteiger partial charge in [-0.15, -0.1) is 0 Å². The van der Waals surface area contributed by atoms with Crippen LogP contribution in [0.4, 0.5) is 11.8 Å². The highest BCUT2D eigenvalue weighted by atomic mass is 16.5. The van der Waals surface area contributed by atoms with Crippen LogP contribution in [0.1, 0.15) is 26.7 Å². The van der Waals surface area contributed by atoms with E-state index >= 15 is 0 Å².